The molecule has 2 fully saturated rings. The highest BCUT2D eigenvalue weighted by molar-refractivity contribution is 5.26. The fraction of sp³-hybridized carbons (Fsp3) is 0.750. The van der Waals surface area contributed by atoms with E-state index in [0.29, 0.717) is 5.92 Å². The zero-order valence-corrected chi connectivity index (χ0v) is 5.30. The molecule has 0 aromatic rings. The lowest BCUT2D eigenvalue weighted by Crippen LogP contribution is -2.15. The molecule has 0 spiro atoms. The molecule has 2 aliphatic rings. The quantitative estimate of drug-likeness (QED) is 0.471. The minimum absolute atomic E-state index is 0.0556. The summed E-state index contributed by atoms with van der Waals surface area (Å²) >= 11 is 0. The van der Waals surface area contributed by atoms with Crippen LogP contribution in [0.3, 0.4) is 0 Å². The Labute approximate surface area is 55.1 Å². The molecule has 2 aliphatic carbocycles. The van der Waals surface area contributed by atoms with Gasteiger partial charge >= 0.3 is 0 Å². The van der Waals surface area contributed by atoms with Crippen LogP contribution in [0.25, 0.3) is 0 Å². The van der Waals surface area contributed by atoms with Crippen molar-refractivity contribution in [3.05, 3.63) is 0 Å². The van der Waals surface area contributed by atoms with Gasteiger partial charge in [0.15, 0.2) is 0 Å². The van der Waals surface area contributed by atoms with Crippen LogP contribution in [-0.4, -0.2) is 11.2 Å². The Kier molecular flexibility index (Phi) is 0.784. The largest absolute Gasteiger partial charge is 0.392 e. The highest BCUT2D eigenvalue weighted by Gasteiger charge is 2.61. The fourth-order valence-corrected chi connectivity index (χ4v) is 2.01. The molecule has 48 valence electrons. The number of aliphatic hydroxyl groups excluding tert-OH is 1. The second-order valence-corrected chi connectivity index (χ2v) is 3.18. The molecular weight excluding hydrogens is 112 g/mol. The molecule has 0 aromatic carbocycles. The van der Waals surface area contributed by atoms with E-state index in [1.165, 1.54) is 0 Å². The Morgan fingerprint density at radius 1 is 1.56 bits per heavy atom. The van der Waals surface area contributed by atoms with Crippen molar-refractivity contribution in [3.63, 3.8) is 0 Å². The summed E-state index contributed by atoms with van der Waals surface area (Å²) in [5.74, 6) is 3.38. The van der Waals surface area contributed by atoms with Crippen LogP contribution in [0.4, 0.5) is 0 Å². The standard InChI is InChI=1S/C8H10O/c1-2-8-5-6(8)3-4-7(8)9/h1,6-7,9H,3-5H2/t6-,7-,8+/m1/s1. The average molecular weight is 122 g/mol. The summed E-state index contributed by atoms with van der Waals surface area (Å²) in [5.41, 5.74) is -0.0556. The molecule has 0 unspecified atom stereocenters. The number of hydrogen-bond donors (Lipinski definition) is 1. The zero-order valence-electron chi connectivity index (χ0n) is 5.30. The SMILES string of the molecule is C#C[C@]12C[C@H]1CC[C@H]2O. The summed E-state index contributed by atoms with van der Waals surface area (Å²) < 4.78 is 0. The van der Waals surface area contributed by atoms with Gasteiger partial charge in [-0.15, -0.1) is 6.42 Å². The van der Waals surface area contributed by atoms with Crippen molar-refractivity contribution in [2.24, 2.45) is 11.3 Å². The summed E-state index contributed by atoms with van der Waals surface area (Å²) in [6, 6.07) is 0. The highest BCUT2D eigenvalue weighted by atomic mass is 16.3. The number of terminal acetylenes is 1. The summed E-state index contributed by atoms with van der Waals surface area (Å²) in [6.45, 7) is 0. The molecule has 1 heteroatoms. The van der Waals surface area contributed by atoms with E-state index in [-0.39, 0.29) is 11.5 Å². The van der Waals surface area contributed by atoms with E-state index in [2.05, 4.69) is 5.92 Å². The molecule has 1 N–H and O–H groups in total. The Hall–Kier alpha value is -0.480. The van der Waals surface area contributed by atoms with Crippen molar-refractivity contribution in [1.29, 1.82) is 0 Å². The van der Waals surface area contributed by atoms with E-state index in [4.69, 9.17) is 6.42 Å². The van der Waals surface area contributed by atoms with Gasteiger partial charge in [-0.1, -0.05) is 5.92 Å². The van der Waals surface area contributed by atoms with Crippen molar-refractivity contribution < 1.29 is 5.11 Å². The average Bonchev–Trinajstić information content (AvgIpc) is 2.52. The van der Waals surface area contributed by atoms with Crippen molar-refractivity contribution in [3.8, 4) is 12.3 Å². The van der Waals surface area contributed by atoms with Gasteiger partial charge in [0.1, 0.15) is 0 Å². The molecule has 0 aliphatic heterocycles. The Morgan fingerprint density at radius 2 is 2.33 bits per heavy atom. The number of hydrogen-bond acceptors (Lipinski definition) is 1. The lowest BCUT2D eigenvalue weighted by Gasteiger charge is -2.09. The number of aliphatic hydroxyl groups is 1. The smallest absolute Gasteiger partial charge is 0.0708 e. The fourth-order valence-electron chi connectivity index (χ4n) is 2.01. The topological polar surface area (TPSA) is 20.2 Å². The molecule has 3 atom stereocenters. The van der Waals surface area contributed by atoms with Gasteiger partial charge in [-0.05, 0) is 25.2 Å². The van der Waals surface area contributed by atoms with Gasteiger partial charge < -0.3 is 5.11 Å². The highest BCUT2D eigenvalue weighted by Crippen LogP contribution is 2.62. The molecule has 0 amide bonds. The molecule has 2 saturated carbocycles. The summed E-state index contributed by atoms with van der Waals surface area (Å²) in [7, 11) is 0. The van der Waals surface area contributed by atoms with E-state index < -0.39 is 0 Å². The Morgan fingerprint density at radius 3 is 2.56 bits per heavy atom. The lowest BCUT2D eigenvalue weighted by molar-refractivity contribution is 0.133. The third kappa shape index (κ3) is 0.452. The first-order chi connectivity index (χ1) is 4.29. The van der Waals surface area contributed by atoms with Gasteiger partial charge in [0.2, 0.25) is 0 Å². The second kappa shape index (κ2) is 1.33. The van der Waals surface area contributed by atoms with E-state index >= 15 is 0 Å². The van der Waals surface area contributed by atoms with E-state index in [0.717, 1.165) is 19.3 Å². The van der Waals surface area contributed by atoms with Crippen LogP contribution in [0.1, 0.15) is 19.3 Å². The molecule has 0 aromatic heterocycles. The summed E-state index contributed by atoms with van der Waals surface area (Å²) in [6.07, 6.45) is 8.25. The van der Waals surface area contributed by atoms with Crippen LogP contribution in [0.5, 0.6) is 0 Å². The minimum atomic E-state index is -0.188. The van der Waals surface area contributed by atoms with Crippen molar-refractivity contribution in [2.75, 3.05) is 0 Å². The molecule has 0 heterocycles. The molecule has 2 rings (SSSR count). The molecule has 0 radical (unpaired) electrons. The van der Waals surface area contributed by atoms with Gasteiger partial charge in [-0.2, -0.15) is 0 Å². The first kappa shape index (κ1) is 5.32. The maximum absolute atomic E-state index is 9.35. The second-order valence-electron chi connectivity index (χ2n) is 3.18. The normalized spacial score (nSPS) is 54.2. The Balaban J connectivity index is 2.26. The molecule has 9 heavy (non-hydrogen) atoms. The maximum Gasteiger partial charge on any atom is 0.0708 e. The van der Waals surface area contributed by atoms with Gasteiger partial charge in [0, 0.05) is 0 Å². The van der Waals surface area contributed by atoms with Crippen molar-refractivity contribution >= 4 is 0 Å². The predicted octanol–water partition coefficient (Wildman–Crippen LogP) is 0.781. The third-order valence-corrected chi connectivity index (χ3v) is 2.80. The van der Waals surface area contributed by atoms with E-state index in [9.17, 15) is 5.11 Å². The lowest BCUT2D eigenvalue weighted by atomic mass is 10.0. The van der Waals surface area contributed by atoms with Crippen LogP contribution < -0.4 is 0 Å². The van der Waals surface area contributed by atoms with Crippen molar-refractivity contribution in [1.82, 2.24) is 0 Å². The zero-order chi connectivity index (χ0) is 6.48. The molecule has 0 saturated heterocycles. The molecule has 1 nitrogen and oxygen atoms in total. The predicted molar refractivity (Wildman–Crippen MR) is 34.6 cm³/mol. The van der Waals surface area contributed by atoms with Crippen LogP contribution in [-0.2, 0) is 0 Å². The summed E-state index contributed by atoms with van der Waals surface area (Å²) in [5, 5.41) is 9.35. The minimum Gasteiger partial charge on any atom is -0.392 e. The first-order valence-corrected chi connectivity index (χ1v) is 3.45. The van der Waals surface area contributed by atoms with Crippen LogP contribution in [0.15, 0.2) is 0 Å². The van der Waals surface area contributed by atoms with Crippen LogP contribution >= 0.6 is 0 Å². The van der Waals surface area contributed by atoms with Gasteiger partial charge in [0.25, 0.3) is 0 Å². The molecule has 0 bridgehead atoms. The third-order valence-electron chi connectivity index (χ3n) is 2.80. The van der Waals surface area contributed by atoms with E-state index in [1.54, 1.807) is 0 Å². The monoisotopic (exact) mass is 122 g/mol. The maximum atomic E-state index is 9.35. The number of rotatable bonds is 0. The van der Waals surface area contributed by atoms with Gasteiger partial charge in [-0.3, -0.25) is 0 Å². The van der Waals surface area contributed by atoms with Crippen LogP contribution in [0, 0.1) is 23.7 Å². The van der Waals surface area contributed by atoms with Gasteiger partial charge in [0.05, 0.1) is 11.5 Å². The van der Waals surface area contributed by atoms with E-state index in [1.807, 2.05) is 0 Å². The Bertz CT molecular complexity index is 179. The van der Waals surface area contributed by atoms with Crippen molar-refractivity contribution in [2.45, 2.75) is 25.4 Å². The van der Waals surface area contributed by atoms with Crippen LogP contribution in [0.2, 0.25) is 0 Å². The molecular formula is C8H10O. The first-order valence-electron chi connectivity index (χ1n) is 3.45. The number of fused-ring (bicyclic) bond motifs is 1. The summed E-state index contributed by atoms with van der Waals surface area (Å²) in [4.78, 5) is 0. The van der Waals surface area contributed by atoms with Gasteiger partial charge in [-0.25, -0.2) is 0 Å².